The smallest absolute Gasteiger partial charge is 0.231 e. The van der Waals surface area contributed by atoms with Gasteiger partial charge in [-0.05, 0) is 35.9 Å². The van der Waals surface area contributed by atoms with E-state index in [0.29, 0.717) is 17.1 Å². The first-order chi connectivity index (χ1) is 9.22. The highest BCUT2D eigenvalue weighted by Crippen LogP contribution is 2.28. The summed E-state index contributed by atoms with van der Waals surface area (Å²) in [5.74, 6) is 0.295. The summed E-state index contributed by atoms with van der Waals surface area (Å²) in [6, 6.07) is 13.2. The molecule has 0 aliphatic rings. The number of aromatic nitrogens is 2. The number of fused-ring (bicyclic) bond motifs is 1. The number of hydrogen-bond acceptors (Lipinski definition) is 3. The maximum atomic E-state index is 13.1. The molecule has 94 valence electrons. The first kappa shape index (κ1) is 11.9. The normalized spacial score (nSPS) is 10.6. The quantitative estimate of drug-likeness (QED) is 0.657. The number of hydrogen-bond donors (Lipinski definition) is 0. The van der Waals surface area contributed by atoms with Crippen LogP contribution in [-0.4, -0.2) is 9.97 Å². The SMILES string of the molecule is Fc1cccc(Oc2nc(Cl)nc3ccccc23)c1. The zero-order valence-electron chi connectivity index (χ0n) is 9.68. The van der Waals surface area contributed by atoms with Crippen molar-refractivity contribution < 1.29 is 9.13 Å². The average Bonchev–Trinajstić information content (AvgIpc) is 2.38. The fraction of sp³-hybridized carbons (Fsp3) is 0. The van der Waals surface area contributed by atoms with Crippen molar-refractivity contribution in [2.24, 2.45) is 0 Å². The van der Waals surface area contributed by atoms with Crippen molar-refractivity contribution in [2.45, 2.75) is 0 Å². The van der Waals surface area contributed by atoms with Crippen molar-refractivity contribution in [1.29, 1.82) is 0 Å². The van der Waals surface area contributed by atoms with Gasteiger partial charge in [0.2, 0.25) is 11.2 Å². The van der Waals surface area contributed by atoms with Crippen LogP contribution < -0.4 is 4.74 Å². The molecule has 0 aliphatic heterocycles. The van der Waals surface area contributed by atoms with Gasteiger partial charge in [0.1, 0.15) is 11.6 Å². The third kappa shape index (κ3) is 2.48. The van der Waals surface area contributed by atoms with E-state index < -0.39 is 0 Å². The van der Waals surface area contributed by atoms with Crippen LogP contribution in [0.15, 0.2) is 48.5 Å². The van der Waals surface area contributed by atoms with Crippen molar-refractivity contribution in [1.82, 2.24) is 9.97 Å². The Balaban J connectivity index is 2.09. The molecule has 0 saturated carbocycles. The predicted molar refractivity (Wildman–Crippen MR) is 71.0 cm³/mol. The summed E-state index contributed by atoms with van der Waals surface area (Å²) in [5, 5.41) is 0.807. The van der Waals surface area contributed by atoms with Crippen LogP contribution in [0.2, 0.25) is 5.28 Å². The molecule has 5 heteroatoms. The summed E-state index contributed by atoms with van der Waals surface area (Å²) in [5.41, 5.74) is 0.675. The van der Waals surface area contributed by atoms with Gasteiger partial charge in [-0.3, -0.25) is 0 Å². The topological polar surface area (TPSA) is 35.0 Å². The number of benzene rings is 2. The predicted octanol–water partition coefficient (Wildman–Crippen LogP) is 4.21. The van der Waals surface area contributed by atoms with Gasteiger partial charge in [-0.15, -0.1) is 0 Å². The van der Waals surface area contributed by atoms with Crippen molar-refractivity contribution in [3.8, 4) is 11.6 Å². The van der Waals surface area contributed by atoms with E-state index in [2.05, 4.69) is 9.97 Å². The second-order valence-corrected chi connectivity index (χ2v) is 4.21. The molecule has 0 N–H and O–H groups in total. The molecule has 0 radical (unpaired) electrons. The molecule has 0 unspecified atom stereocenters. The Hall–Kier alpha value is -2.20. The summed E-state index contributed by atoms with van der Waals surface area (Å²) in [6.07, 6.45) is 0. The average molecular weight is 275 g/mol. The Kier molecular flexibility index (Phi) is 3.01. The van der Waals surface area contributed by atoms with Gasteiger partial charge in [0, 0.05) is 6.07 Å². The fourth-order valence-electron chi connectivity index (χ4n) is 1.74. The van der Waals surface area contributed by atoms with Gasteiger partial charge >= 0.3 is 0 Å². The highest BCUT2D eigenvalue weighted by atomic mass is 35.5. The maximum absolute atomic E-state index is 13.1. The van der Waals surface area contributed by atoms with E-state index in [0.717, 1.165) is 5.39 Å². The molecule has 2 aromatic carbocycles. The Labute approximate surface area is 113 Å². The lowest BCUT2D eigenvalue weighted by Gasteiger charge is -2.07. The monoisotopic (exact) mass is 274 g/mol. The molecule has 3 aromatic rings. The molecule has 0 fully saturated rings. The number of para-hydroxylation sites is 1. The number of rotatable bonds is 2. The fourth-order valence-corrected chi connectivity index (χ4v) is 1.91. The molecule has 0 atom stereocenters. The van der Waals surface area contributed by atoms with Crippen LogP contribution in [0.25, 0.3) is 10.9 Å². The second-order valence-electron chi connectivity index (χ2n) is 3.87. The summed E-state index contributed by atoms with van der Waals surface area (Å²) in [6.45, 7) is 0. The first-order valence-electron chi connectivity index (χ1n) is 5.58. The van der Waals surface area contributed by atoms with E-state index in [-0.39, 0.29) is 11.1 Å². The molecule has 0 amide bonds. The lowest BCUT2D eigenvalue weighted by atomic mass is 10.2. The van der Waals surface area contributed by atoms with Crippen LogP contribution in [0.4, 0.5) is 4.39 Å². The third-order valence-electron chi connectivity index (χ3n) is 2.55. The number of nitrogens with zero attached hydrogens (tertiary/aromatic N) is 2. The van der Waals surface area contributed by atoms with Crippen LogP contribution in [-0.2, 0) is 0 Å². The molecule has 0 bridgehead atoms. The first-order valence-corrected chi connectivity index (χ1v) is 5.96. The standard InChI is InChI=1S/C14H8ClFN2O/c15-14-17-12-7-2-1-6-11(12)13(18-14)19-10-5-3-4-9(16)8-10/h1-8H. The summed E-state index contributed by atoms with van der Waals surface area (Å²) in [7, 11) is 0. The van der Waals surface area contributed by atoms with Gasteiger partial charge in [0.15, 0.2) is 0 Å². The molecule has 0 spiro atoms. The van der Waals surface area contributed by atoms with Gasteiger partial charge in [-0.2, -0.15) is 4.98 Å². The summed E-state index contributed by atoms with van der Waals surface area (Å²) < 4.78 is 18.7. The molecule has 3 rings (SSSR count). The van der Waals surface area contributed by atoms with E-state index in [9.17, 15) is 4.39 Å². The summed E-state index contributed by atoms with van der Waals surface area (Å²) >= 11 is 5.85. The van der Waals surface area contributed by atoms with Crippen molar-refractivity contribution in [3.05, 3.63) is 59.6 Å². The number of halogens is 2. The van der Waals surface area contributed by atoms with Gasteiger partial charge in [0.25, 0.3) is 0 Å². The second kappa shape index (κ2) is 4.82. The van der Waals surface area contributed by atoms with E-state index in [4.69, 9.17) is 16.3 Å². The van der Waals surface area contributed by atoms with Crippen LogP contribution >= 0.6 is 11.6 Å². The molecular weight excluding hydrogens is 267 g/mol. The van der Waals surface area contributed by atoms with E-state index in [1.807, 2.05) is 18.2 Å². The van der Waals surface area contributed by atoms with E-state index in [1.54, 1.807) is 18.2 Å². The highest BCUT2D eigenvalue weighted by Gasteiger charge is 2.08. The van der Waals surface area contributed by atoms with Crippen LogP contribution in [0.5, 0.6) is 11.6 Å². The molecule has 19 heavy (non-hydrogen) atoms. The van der Waals surface area contributed by atoms with Crippen LogP contribution in [0.1, 0.15) is 0 Å². The van der Waals surface area contributed by atoms with Crippen molar-refractivity contribution in [2.75, 3.05) is 0 Å². The zero-order chi connectivity index (χ0) is 13.2. The van der Waals surface area contributed by atoms with Crippen molar-refractivity contribution >= 4 is 22.5 Å². The molecule has 3 nitrogen and oxygen atoms in total. The largest absolute Gasteiger partial charge is 0.438 e. The van der Waals surface area contributed by atoms with E-state index >= 15 is 0 Å². The summed E-state index contributed by atoms with van der Waals surface area (Å²) in [4.78, 5) is 8.13. The number of ether oxygens (including phenoxy) is 1. The van der Waals surface area contributed by atoms with E-state index in [1.165, 1.54) is 12.1 Å². The molecule has 1 aromatic heterocycles. The minimum Gasteiger partial charge on any atom is -0.438 e. The van der Waals surface area contributed by atoms with Gasteiger partial charge in [0.05, 0.1) is 10.9 Å². The van der Waals surface area contributed by atoms with Crippen LogP contribution in [0, 0.1) is 5.82 Å². The minimum atomic E-state index is -0.373. The minimum absolute atomic E-state index is 0.0881. The van der Waals surface area contributed by atoms with Crippen molar-refractivity contribution in [3.63, 3.8) is 0 Å². The third-order valence-corrected chi connectivity index (χ3v) is 2.72. The van der Waals surface area contributed by atoms with Gasteiger partial charge in [-0.25, -0.2) is 9.37 Å². The lowest BCUT2D eigenvalue weighted by Crippen LogP contribution is -1.93. The molecular formula is C14H8ClFN2O. The Morgan fingerprint density at radius 3 is 2.68 bits per heavy atom. The van der Waals surface area contributed by atoms with Gasteiger partial charge in [-0.1, -0.05) is 18.2 Å². The maximum Gasteiger partial charge on any atom is 0.231 e. The Morgan fingerprint density at radius 1 is 1.00 bits per heavy atom. The highest BCUT2D eigenvalue weighted by molar-refractivity contribution is 6.28. The van der Waals surface area contributed by atoms with Crippen LogP contribution in [0.3, 0.4) is 0 Å². The van der Waals surface area contributed by atoms with Gasteiger partial charge < -0.3 is 4.74 Å². The zero-order valence-corrected chi connectivity index (χ0v) is 10.4. The Bertz CT molecular complexity index is 748. The molecule has 0 aliphatic carbocycles. The molecule has 1 heterocycles. The Morgan fingerprint density at radius 2 is 1.84 bits per heavy atom. The lowest BCUT2D eigenvalue weighted by molar-refractivity contribution is 0.463. The molecule has 0 saturated heterocycles.